The highest BCUT2D eigenvalue weighted by Gasteiger charge is 2.15. The van der Waals surface area contributed by atoms with Gasteiger partial charge >= 0.3 is 0 Å². The number of anilines is 2. The minimum absolute atomic E-state index is 0.258. The topological polar surface area (TPSA) is 102 Å². The molecule has 30 heavy (non-hydrogen) atoms. The zero-order valence-corrected chi connectivity index (χ0v) is 16.8. The van der Waals surface area contributed by atoms with E-state index in [9.17, 15) is 9.59 Å². The van der Waals surface area contributed by atoms with Crippen molar-refractivity contribution in [3.8, 4) is 5.82 Å². The lowest BCUT2D eigenvalue weighted by atomic mass is 10.1. The van der Waals surface area contributed by atoms with Crippen LogP contribution < -0.4 is 10.6 Å². The number of amides is 2. The lowest BCUT2D eigenvalue weighted by molar-refractivity contribution is -0.114. The van der Waals surface area contributed by atoms with Gasteiger partial charge < -0.3 is 10.6 Å². The Morgan fingerprint density at radius 2 is 1.80 bits per heavy atom. The van der Waals surface area contributed by atoms with E-state index in [2.05, 4.69) is 20.7 Å². The maximum Gasteiger partial charge on any atom is 0.257 e. The summed E-state index contributed by atoms with van der Waals surface area (Å²) in [4.78, 5) is 32.8. The van der Waals surface area contributed by atoms with Crippen molar-refractivity contribution in [3.63, 3.8) is 0 Å². The van der Waals surface area contributed by atoms with Crippen LogP contribution in [0.1, 0.15) is 28.5 Å². The lowest BCUT2D eigenvalue weighted by Crippen LogP contribution is -2.16. The number of aryl methyl sites for hydroxylation is 2. The van der Waals surface area contributed by atoms with Crippen molar-refractivity contribution in [2.45, 2.75) is 20.8 Å². The fraction of sp³-hybridized carbons (Fsp3) is 0.136. The number of nitrogens with one attached hydrogen (secondary N) is 2. The van der Waals surface area contributed by atoms with Gasteiger partial charge in [0, 0.05) is 30.1 Å². The van der Waals surface area contributed by atoms with Gasteiger partial charge in [-0.2, -0.15) is 9.78 Å². The molecule has 0 unspecified atom stereocenters. The van der Waals surface area contributed by atoms with Crippen LogP contribution in [0.4, 0.5) is 11.6 Å². The number of pyridine rings is 2. The fourth-order valence-electron chi connectivity index (χ4n) is 3.21. The Hall–Kier alpha value is -4.07. The number of nitrogens with zero attached hydrogens (tertiary/aromatic N) is 4. The van der Waals surface area contributed by atoms with E-state index < -0.39 is 0 Å². The predicted octanol–water partition coefficient (Wildman–Crippen LogP) is 3.64. The van der Waals surface area contributed by atoms with Crippen molar-refractivity contribution in [2.24, 2.45) is 0 Å². The molecule has 2 N–H and O–H groups in total. The van der Waals surface area contributed by atoms with E-state index in [1.165, 1.54) is 19.2 Å². The number of carbonyl (C=O) groups excluding carboxylic acids is 2. The van der Waals surface area contributed by atoms with Crippen molar-refractivity contribution in [1.82, 2.24) is 19.7 Å². The molecular formula is C22H20N6O2. The van der Waals surface area contributed by atoms with E-state index >= 15 is 0 Å². The summed E-state index contributed by atoms with van der Waals surface area (Å²) >= 11 is 0. The largest absolute Gasteiger partial charge is 0.311 e. The molecule has 3 heterocycles. The molecular weight excluding hydrogens is 380 g/mol. The molecule has 1 aromatic carbocycles. The monoisotopic (exact) mass is 400 g/mol. The first-order valence-electron chi connectivity index (χ1n) is 9.39. The molecule has 0 aliphatic carbocycles. The van der Waals surface area contributed by atoms with Crippen LogP contribution in [0, 0.1) is 13.8 Å². The zero-order chi connectivity index (χ0) is 21.3. The van der Waals surface area contributed by atoms with Gasteiger partial charge in [0.05, 0.1) is 11.2 Å². The van der Waals surface area contributed by atoms with Gasteiger partial charge in [-0.05, 0) is 43.7 Å². The van der Waals surface area contributed by atoms with E-state index in [0.29, 0.717) is 23.0 Å². The average Bonchev–Trinajstić information content (AvgIpc) is 3.07. The van der Waals surface area contributed by atoms with Crippen LogP contribution in [-0.4, -0.2) is 31.6 Å². The minimum Gasteiger partial charge on any atom is -0.311 e. The van der Waals surface area contributed by atoms with Gasteiger partial charge in [-0.25, -0.2) is 9.97 Å². The van der Waals surface area contributed by atoms with E-state index in [1.807, 2.05) is 44.2 Å². The van der Waals surface area contributed by atoms with Crippen molar-refractivity contribution >= 4 is 34.4 Å². The Morgan fingerprint density at radius 1 is 1.00 bits per heavy atom. The molecule has 4 rings (SSSR count). The number of hydrogen-bond donors (Lipinski definition) is 2. The van der Waals surface area contributed by atoms with Crippen molar-refractivity contribution < 1.29 is 9.59 Å². The molecule has 0 aliphatic rings. The second kappa shape index (κ2) is 7.75. The lowest BCUT2D eigenvalue weighted by Gasteiger charge is -2.11. The second-order valence-corrected chi connectivity index (χ2v) is 6.96. The number of aromatic nitrogens is 4. The van der Waals surface area contributed by atoms with E-state index in [-0.39, 0.29) is 11.8 Å². The third kappa shape index (κ3) is 3.88. The quantitative estimate of drug-likeness (QED) is 0.544. The van der Waals surface area contributed by atoms with Crippen LogP contribution in [0.3, 0.4) is 0 Å². The standard InChI is InChI=1S/C22H20N6O2/c1-13-10-20(25-18-7-5-4-6-17(13)18)28-21(11-14(2)27-28)26-22(30)16-8-9-23-19(12-16)24-15(3)29/h4-12H,1-3H3,(H,26,30)(H,23,24,29). The normalized spacial score (nSPS) is 10.8. The molecule has 0 aliphatic heterocycles. The van der Waals surface area contributed by atoms with Crippen LogP contribution in [-0.2, 0) is 4.79 Å². The first-order chi connectivity index (χ1) is 14.4. The van der Waals surface area contributed by atoms with E-state index in [0.717, 1.165) is 22.2 Å². The number of para-hydroxylation sites is 1. The molecule has 0 atom stereocenters. The summed E-state index contributed by atoms with van der Waals surface area (Å²) in [6.45, 7) is 5.25. The molecule has 4 aromatic rings. The third-order valence-electron chi connectivity index (χ3n) is 4.53. The highest BCUT2D eigenvalue weighted by molar-refractivity contribution is 6.04. The fourth-order valence-corrected chi connectivity index (χ4v) is 3.21. The Morgan fingerprint density at radius 3 is 2.60 bits per heavy atom. The molecule has 0 saturated carbocycles. The number of fused-ring (bicyclic) bond motifs is 1. The number of rotatable bonds is 4. The van der Waals surface area contributed by atoms with Gasteiger partial charge in [-0.3, -0.25) is 9.59 Å². The minimum atomic E-state index is -0.345. The molecule has 0 saturated heterocycles. The molecule has 0 bridgehead atoms. The number of benzene rings is 1. The summed E-state index contributed by atoms with van der Waals surface area (Å²) in [5, 5.41) is 11.0. The molecule has 2 amide bonds. The number of carbonyl (C=O) groups is 2. The van der Waals surface area contributed by atoms with Crippen LogP contribution in [0.25, 0.3) is 16.7 Å². The van der Waals surface area contributed by atoms with Crippen LogP contribution in [0.5, 0.6) is 0 Å². The summed E-state index contributed by atoms with van der Waals surface area (Å²) in [6, 6.07) is 14.7. The highest BCUT2D eigenvalue weighted by atomic mass is 16.2. The summed E-state index contributed by atoms with van der Waals surface area (Å²) in [5.41, 5.74) is 3.02. The maximum absolute atomic E-state index is 12.8. The molecule has 8 nitrogen and oxygen atoms in total. The first-order valence-corrected chi connectivity index (χ1v) is 9.39. The molecule has 8 heteroatoms. The number of hydrogen-bond acceptors (Lipinski definition) is 5. The van der Waals surface area contributed by atoms with Gasteiger partial charge in [0.25, 0.3) is 5.91 Å². The summed E-state index contributed by atoms with van der Waals surface area (Å²) in [6.07, 6.45) is 1.47. The van der Waals surface area contributed by atoms with Crippen LogP contribution >= 0.6 is 0 Å². The van der Waals surface area contributed by atoms with E-state index in [1.54, 1.807) is 16.8 Å². The van der Waals surface area contributed by atoms with Crippen molar-refractivity contribution in [3.05, 3.63) is 71.5 Å². The Kier molecular flexibility index (Phi) is 4.97. The average molecular weight is 400 g/mol. The van der Waals surface area contributed by atoms with Gasteiger partial charge in [-0.15, -0.1) is 0 Å². The SMILES string of the molecule is CC(=O)Nc1cc(C(=O)Nc2cc(C)nn2-c2cc(C)c3ccccc3n2)ccn1. The Labute approximate surface area is 173 Å². The maximum atomic E-state index is 12.8. The van der Waals surface area contributed by atoms with Crippen molar-refractivity contribution in [1.29, 1.82) is 0 Å². The molecule has 3 aromatic heterocycles. The summed E-state index contributed by atoms with van der Waals surface area (Å²) in [7, 11) is 0. The molecule has 0 spiro atoms. The van der Waals surface area contributed by atoms with E-state index in [4.69, 9.17) is 4.98 Å². The van der Waals surface area contributed by atoms with Gasteiger partial charge in [0.15, 0.2) is 5.82 Å². The predicted molar refractivity (Wildman–Crippen MR) is 115 cm³/mol. The van der Waals surface area contributed by atoms with Gasteiger partial charge in [0.1, 0.15) is 11.6 Å². The van der Waals surface area contributed by atoms with Crippen LogP contribution in [0.15, 0.2) is 54.7 Å². The molecule has 0 radical (unpaired) electrons. The highest BCUT2D eigenvalue weighted by Crippen LogP contribution is 2.23. The molecule has 150 valence electrons. The summed E-state index contributed by atoms with van der Waals surface area (Å²) < 4.78 is 1.61. The van der Waals surface area contributed by atoms with Crippen molar-refractivity contribution in [2.75, 3.05) is 10.6 Å². The smallest absolute Gasteiger partial charge is 0.257 e. The van der Waals surface area contributed by atoms with Gasteiger partial charge in [-0.1, -0.05) is 18.2 Å². The Bertz CT molecular complexity index is 1280. The first kappa shape index (κ1) is 19.3. The Balaban J connectivity index is 1.68. The third-order valence-corrected chi connectivity index (χ3v) is 4.53. The van der Waals surface area contributed by atoms with Gasteiger partial charge in [0.2, 0.25) is 5.91 Å². The summed E-state index contributed by atoms with van der Waals surface area (Å²) in [5.74, 6) is 0.821. The van der Waals surface area contributed by atoms with Crippen LogP contribution in [0.2, 0.25) is 0 Å². The second-order valence-electron chi connectivity index (χ2n) is 6.96. The molecule has 0 fully saturated rings. The zero-order valence-electron chi connectivity index (χ0n) is 16.8.